The lowest BCUT2D eigenvalue weighted by Gasteiger charge is -2.25. The molecule has 0 fully saturated rings. The molecule has 17 heavy (non-hydrogen) atoms. The Balaban J connectivity index is 2.89. The van der Waals surface area contributed by atoms with Crippen molar-refractivity contribution in [1.82, 2.24) is 9.97 Å². The second-order valence-electron chi connectivity index (χ2n) is 5.20. The molecule has 96 valence electrons. The van der Waals surface area contributed by atoms with Crippen LogP contribution in [0.3, 0.4) is 0 Å². The van der Waals surface area contributed by atoms with Gasteiger partial charge in [0.05, 0.1) is 0 Å². The maximum atomic E-state index is 5.69. The molecule has 0 atom stereocenters. The Hall–Kier alpha value is -1.36. The Morgan fingerprint density at radius 2 is 1.88 bits per heavy atom. The Morgan fingerprint density at radius 3 is 2.41 bits per heavy atom. The number of nitrogens with one attached hydrogen (secondary N) is 2. The second kappa shape index (κ2) is 5.31. The topological polar surface area (TPSA) is 75.9 Å². The van der Waals surface area contributed by atoms with E-state index in [9.17, 15) is 0 Å². The summed E-state index contributed by atoms with van der Waals surface area (Å²) in [5.41, 5.74) is 5.52. The quantitative estimate of drug-likeness (QED) is 0.727. The molecular weight excluding hydrogens is 214 g/mol. The van der Waals surface area contributed by atoms with E-state index in [1.54, 1.807) is 0 Å². The van der Waals surface area contributed by atoms with Crippen LogP contribution in [0, 0.1) is 6.92 Å². The van der Waals surface area contributed by atoms with Crippen LogP contribution in [0.15, 0.2) is 6.07 Å². The van der Waals surface area contributed by atoms with Gasteiger partial charge in [0.25, 0.3) is 0 Å². The molecule has 1 aromatic rings. The third kappa shape index (κ3) is 4.56. The molecule has 0 aliphatic rings. The normalized spacial score (nSPS) is 11.7. The zero-order valence-electron chi connectivity index (χ0n) is 11.3. The highest BCUT2D eigenvalue weighted by molar-refractivity contribution is 5.49. The molecule has 0 aliphatic heterocycles. The zero-order valence-corrected chi connectivity index (χ0v) is 11.3. The molecule has 0 unspecified atom stereocenters. The first kappa shape index (κ1) is 13.7. The van der Waals surface area contributed by atoms with Gasteiger partial charge in [0.2, 0.25) is 0 Å². The van der Waals surface area contributed by atoms with E-state index in [0.717, 1.165) is 17.5 Å². The van der Waals surface area contributed by atoms with E-state index in [1.807, 2.05) is 26.8 Å². The fourth-order valence-corrected chi connectivity index (χ4v) is 1.40. The molecular formula is C12H23N5. The fraction of sp³-hybridized carbons (Fsp3) is 0.667. The molecule has 1 aromatic heterocycles. The molecule has 0 saturated heterocycles. The molecule has 0 spiro atoms. The number of aromatic nitrogens is 2. The Morgan fingerprint density at radius 1 is 1.29 bits per heavy atom. The molecule has 0 aromatic carbocycles. The van der Waals surface area contributed by atoms with E-state index in [-0.39, 0.29) is 5.54 Å². The summed E-state index contributed by atoms with van der Waals surface area (Å²) in [7, 11) is 0. The van der Waals surface area contributed by atoms with E-state index in [2.05, 4.69) is 34.4 Å². The van der Waals surface area contributed by atoms with E-state index in [0.29, 0.717) is 12.6 Å². The SMILES string of the molecule is Cc1nc(NC(C)C)cc(NC(C)(C)CN)n1. The van der Waals surface area contributed by atoms with Gasteiger partial charge in [-0.2, -0.15) is 0 Å². The Labute approximate surface area is 103 Å². The van der Waals surface area contributed by atoms with E-state index < -0.39 is 0 Å². The highest BCUT2D eigenvalue weighted by atomic mass is 15.1. The highest BCUT2D eigenvalue weighted by Gasteiger charge is 2.16. The number of nitrogens with zero attached hydrogens (tertiary/aromatic N) is 2. The van der Waals surface area contributed by atoms with Gasteiger partial charge in [0, 0.05) is 24.2 Å². The molecule has 0 aliphatic carbocycles. The van der Waals surface area contributed by atoms with E-state index in [1.165, 1.54) is 0 Å². The van der Waals surface area contributed by atoms with Gasteiger partial charge in [-0.25, -0.2) is 9.97 Å². The van der Waals surface area contributed by atoms with Gasteiger partial charge in [-0.1, -0.05) is 0 Å². The molecule has 4 N–H and O–H groups in total. The van der Waals surface area contributed by atoms with Crippen LogP contribution in [0.5, 0.6) is 0 Å². The van der Waals surface area contributed by atoms with E-state index in [4.69, 9.17) is 5.73 Å². The van der Waals surface area contributed by atoms with Crippen molar-refractivity contribution in [3.63, 3.8) is 0 Å². The fourth-order valence-electron chi connectivity index (χ4n) is 1.40. The number of nitrogens with two attached hydrogens (primary N) is 1. The predicted molar refractivity (Wildman–Crippen MR) is 72.3 cm³/mol. The molecule has 0 radical (unpaired) electrons. The van der Waals surface area contributed by atoms with Crippen LogP contribution < -0.4 is 16.4 Å². The van der Waals surface area contributed by atoms with Gasteiger partial charge in [0.1, 0.15) is 17.5 Å². The minimum absolute atomic E-state index is 0.171. The number of hydrogen-bond acceptors (Lipinski definition) is 5. The van der Waals surface area contributed by atoms with Crippen LogP contribution >= 0.6 is 0 Å². The zero-order chi connectivity index (χ0) is 13.1. The molecule has 0 bridgehead atoms. The molecule has 5 heteroatoms. The third-order valence-electron chi connectivity index (χ3n) is 2.25. The average Bonchev–Trinajstić information content (AvgIpc) is 2.14. The van der Waals surface area contributed by atoms with Crippen LogP contribution in [0.25, 0.3) is 0 Å². The number of rotatable bonds is 5. The first-order valence-corrected chi connectivity index (χ1v) is 5.93. The molecule has 1 heterocycles. The summed E-state index contributed by atoms with van der Waals surface area (Å²) >= 11 is 0. The smallest absolute Gasteiger partial charge is 0.132 e. The number of aryl methyl sites for hydroxylation is 1. The Bertz CT molecular complexity index is 373. The maximum Gasteiger partial charge on any atom is 0.132 e. The van der Waals surface area contributed by atoms with Crippen molar-refractivity contribution < 1.29 is 0 Å². The Kier molecular flexibility index (Phi) is 4.28. The minimum atomic E-state index is -0.171. The van der Waals surface area contributed by atoms with Crippen molar-refractivity contribution in [2.24, 2.45) is 5.73 Å². The average molecular weight is 237 g/mol. The highest BCUT2D eigenvalue weighted by Crippen LogP contribution is 2.16. The van der Waals surface area contributed by atoms with E-state index >= 15 is 0 Å². The van der Waals surface area contributed by atoms with Crippen molar-refractivity contribution in [2.45, 2.75) is 46.2 Å². The first-order valence-electron chi connectivity index (χ1n) is 5.93. The maximum absolute atomic E-state index is 5.69. The number of anilines is 2. The van der Waals surface area contributed by atoms with Crippen LogP contribution in [-0.2, 0) is 0 Å². The van der Waals surface area contributed by atoms with Crippen molar-refractivity contribution >= 4 is 11.6 Å². The number of hydrogen-bond donors (Lipinski definition) is 3. The van der Waals surface area contributed by atoms with Gasteiger partial charge < -0.3 is 16.4 Å². The first-order chi connectivity index (χ1) is 7.82. The summed E-state index contributed by atoms with van der Waals surface area (Å²) in [6.45, 7) is 10.7. The summed E-state index contributed by atoms with van der Waals surface area (Å²) in [6.07, 6.45) is 0. The van der Waals surface area contributed by atoms with Gasteiger partial charge in [-0.05, 0) is 34.6 Å². The molecule has 0 amide bonds. The third-order valence-corrected chi connectivity index (χ3v) is 2.25. The van der Waals surface area contributed by atoms with Gasteiger partial charge in [-0.3, -0.25) is 0 Å². The lowest BCUT2D eigenvalue weighted by Crippen LogP contribution is -2.39. The largest absolute Gasteiger partial charge is 0.368 e. The summed E-state index contributed by atoms with van der Waals surface area (Å²) in [4.78, 5) is 8.69. The summed E-state index contributed by atoms with van der Waals surface area (Å²) in [5, 5.41) is 6.57. The monoisotopic (exact) mass is 237 g/mol. The van der Waals surface area contributed by atoms with Crippen LogP contribution in [0.1, 0.15) is 33.5 Å². The lowest BCUT2D eigenvalue weighted by atomic mass is 10.1. The van der Waals surface area contributed by atoms with Gasteiger partial charge in [0.15, 0.2) is 0 Å². The van der Waals surface area contributed by atoms with Gasteiger partial charge >= 0.3 is 0 Å². The summed E-state index contributed by atoms with van der Waals surface area (Å²) < 4.78 is 0. The van der Waals surface area contributed by atoms with Crippen molar-refractivity contribution in [2.75, 3.05) is 17.2 Å². The van der Waals surface area contributed by atoms with Crippen LogP contribution in [0.4, 0.5) is 11.6 Å². The van der Waals surface area contributed by atoms with Crippen molar-refractivity contribution in [3.05, 3.63) is 11.9 Å². The molecule has 0 saturated carbocycles. The van der Waals surface area contributed by atoms with Crippen molar-refractivity contribution in [1.29, 1.82) is 0 Å². The minimum Gasteiger partial charge on any atom is -0.368 e. The standard InChI is InChI=1S/C12H23N5/c1-8(2)14-10-6-11(16-9(3)15-10)17-12(4,5)7-13/h6,8H,7,13H2,1-5H3,(H2,14,15,16,17). The summed E-state index contributed by atoms with van der Waals surface area (Å²) in [6, 6.07) is 2.25. The lowest BCUT2D eigenvalue weighted by molar-refractivity contribution is 0.577. The van der Waals surface area contributed by atoms with Crippen LogP contribution in [0.2, 0.25) is 0 Å². The second-order valence-corrected chi connectivity index (χ2v) is 5.20. The van der Waals surface area contributed by atoms with Gasteiger partial charge in [-0.15, -0.1) is 0 Å². The van der Waals surface area contributed by atoms with Crippen LogP contribution in [-0.4, -0.2) is 28.1 Å². The molecule has 1 rings (SSSR count). The molecule has 5 nitrogen and oxygen atoms in total. The summed E-state index contributed by atoms with van der Waals surface area (Å²) in [5.74, 6) is 2.38. The van der Waals surface area contributed by atoms with Crippen molar-refractivity contribution in [3.8, 4) is 0 Å². The predicted octanol–water partition coefficient (Wildman–Crippen LogP) is 1.75.